The fourth-order valence-electron chi connectivity index (χ4n) is 3.70. The summed E-state index contributed by atoms with van der Waals surface area (Å²) in [5, 5.41) is 13.8. The maximum Gasteiger partial charge on any atom is 0.258 e. The first-order valence-electron chi connectivity index (χ1n) is 10.6. The highest BCUT2D eigenvalue weighted by Crippen LogP contribution is 2.22. The van der Waals surface area contributed by atoms with Crippen LogP contribution in [0.2, 0.25) is 5.02 Å². The Hall–Kier alpha value is -3.78. The molecule has 9 heteroatoms. The predicted octanol–water partition coefficient (Wildman–Crippen LogP) is 5.54. The van der Waals surface area contributed by atoms with Crippen molar-refractivity contribution < 1.29 is 18.4 Å². The quantitative estimate of drug-likeness (QED) is 0.329. The molecule has 3 aromatic carbocycles. The summed E-state index contributed by atoms with van der Waals surface area (Å²) in [6.45, 7) is 1.49. The number of amides is 2. The van der Waals surface area contributed by atoms with Crippen LogP contribution < -0.4 is 10.6 Å². The average molecular weight is 483 g/mol. The van der Waals surface area contributed by atoms with Crippen LogP contribution >= 0.6 is 11.6 Å². The van der Waals surface area contributed by atoms with Crippen molar-refractivity contribution in [3.05, 3.63) is 94.0 Å². The van der Waals surface area contributed by atoms with E-state index in [0.29, 0.717) is 16.3 Å². The summed E-state index contributed by atoms with van der Waals surface area (Å²) in [7, 11) is 0. The zero-order valence-corrected chi connectivity index (χ0v) is 18.8. The summed E-state index contributed by atoms with van der Waals surface area (Å²) in [5.41, 5.74) is 0.437. The first kappa shape index (κ1) is 23.4. The van der Waals surface area contributed by atoms with Crippen molar-refractivity contribution in [2.24, 2.45) is 0 Å². The van der Waals surface area contributed by atoms with E-state index in [9.17, 15) is 18.4 Å². The molecule has 1 aliphatic heterocycles. The number of halogens is 3. The monoisotopic (exact) mass is 482 g/mol. The van der Waals surface area contributed by atoms with Gasteiger partial charge in [0, 0.05) is 29.4 Å². The molecule has 0 atom stereocenters. The molecule has 0 aromatic heterocycles. The van der Waals surface area contributed by atoms with Gasteiger partial charge in [0.05, 0.1) is 16.8 Å². The van der Waals surface area contributed by atoms with E-state index in [4.69, 9.17) is 17.0 Å². The third-order valence-electron chi connectivity index (χ3n) is 5.49. The zero-order chi connectivity index (χ0) is 24.2. The number of benzene rings is 3. The number of carbonyl (C=O) groups is 2. The average Bonchev–Trinajstić information content (AvgIpc) is 3.36. The summed E-state index contributed by atoms with van der Waals surface area (Å²) in [6.07, 6.45) is 1.97. The maximum atomic E-state index is 14.8. The second-order valence-electron chi connectivity index (χ2n) is 7.84. The fraction of sp³-hybridized carbons (Fsp3) is 0.160. The van der Waals surface area contributed by atoms with Crippen LogP contribution in [0.4, 0.5) is 20.2 Å². The number of amidine groups is 1. The number of anilines is 2. The van der Waals surface area contributed by atoms with Crippen molar-refractivity contribution in [2.75, 3.05) is 23.7 Å². The number of nitrogens with zero attached hydrogens (tertiary/aromatic N) is 1. The van der Waals surface area contributed by atoms with Gasteiger partial charge >= 0.3 is 0 Å². The topological polar surface area (TPSA) is 85.3 Å². The molecular formula is C25H21ClF2N4O2. The molecule has 1 heterocycles. The Labute approximate surface area is 200 Å². The molecule has 1 saturated heterocycles. The summed E-state index contributed by atoms with van der Waals surface area (Å²) in [5.74, 6) is -2.72. The van der Waals surface area contributed by atoms with E-state index in [1.165, 1.54) is 18.2 Å². The molecule has 174 valence electrons. The van der Waals surface area contributed by atoms with Crippen molar-refractivity contribution in [3.63, 3.8) is 0 Å². The lowest BCUT2D eigenvalue weighted by Gasteiger charge is -2.19. The van der Waals surface area contributed by atoms with Crippen molar-refractivity contribution >= 4 is 40.6 Å². The van der Waals surface area contributed by atoms with E-state index in [0.717, 1.165) is 44.1 Å². The Morgan fingerprint density at radius 2 is 1.53 bits per heavy atom. The standard InChI is InChI=1S/C25H21ClF2N4O2/c26-16-4-7-18(8-5-16)30-25(34)20-14-17(27)6-10-22(20)31-24(33)19-9-3-15(13-21(19)28)23(29)32-11-1-2-12-32/h3-10,13-14,29H,1-2,11-12H2,(H,30,34)(H,31,33). The van der Waals surface area contributed by atoms with Gasteiger partial charge in [0.15, 0.2) is 0 Å². The normalized spacial score (nSPS) is 13.0. The number of likely N-dealkylation sites (tertiary alicyclic amines) is 1. The molecule has 4 rings (SSSR count). The van der Waals surface area contributed by atoms with E-state index in [1.807, 2.05) is 4.90 Å². The molecule has 3 N–H and O–H groups in total. The van der Waals surface area contributed by atoms with E-state index in [2.05, 4.69) is 10.6 Å². The van der Waals surface area contributed by atoms with Crippen LogP contribution in [0.25, 0.3) is 0 Å². The molecule has 0 spiro atoms. The van der Waals surface area contributed by atoms with E-state index >= 15 is 0 Å². The molecule has 2 amide bonds. The van der Waals surface area contributed by atoms with Gasteiger partial charge in [-0.25, -0.2) is 8.78 Å². The molecule has 6 nitrogen and oxygen atoms in total. The Morgan fingerprint density at radius 3 is 2.21 bits per heavy atom. The molecule has 34 heavy (non-hydrogen) atoms. The van der Waals surface area contributed by atoms with Gasteiger partial charge in [-0.15, -0.1) is 0 Å². The third-order valence-corrected chi connectivity index (χ3v) is 5.74. The SMILES string of the molecule is N=C(c1ccc(C(=O)Nc2ccc(F)cc2C(=O)Nc2ccc(Cl)cc2)c(F)c1)N1CCCC1. The summed E-state index contributed by atoms with van der Waals surface area (Å²) >= 11 is 5.84. The van der Waals surface area contributed by atoms with Gasteiger partial charge in [-0.3, -0.25) is 15.0 Å². The largest absolute Gasteiger partial charge is 0.357 e. The van der Waals surface area contributed by atoms with Crippen LogP contribution in [0.3, 0.4) is 0 Å². The first-order chi connectivity index (χ1) is 16.3. The zero-order valence-electron chi connectivity index (χ0n) is 18.0. The molecule has 0 bridgehead atoms. The van der Waals surface area contributed by atoms with Gasteiger partial charge in [-0.2, -0.15) is 0 Å². The van der Waals surface area contributed by atoms with Crippen LogP contribution in [0.15, 0.2) is 60.7 Å². The van der Waals surface area contributed by atoms with Crippen molar-refractivity contribution in [2.45, 2.75) is 12.8 Å². The highest BCUT2D eigenvalue weighted by molar-refractivity contribution is 6.30. The van der Waals surface area contributed by atoms with Gasteiger partial charge in [0.1, 0.15) is 17.5 Å². The summed E-state index contributed by atoms with van der Waals surface area (Å²) in [4.78, 5) is 27.4. The van der Waals surface area contributed by atoms with Gasteiger partial charge in [0.2, 0.25) is 0 Å². The number of hydrogen-bond acceptors (Lipinski definition) is 3. The minimum absolute atomic E-state index is 0.0196. The first-order valence-corrected chi connectivity index (χ1v) is 11.0. The lowest BCUT2D eigenvalue weighted by atomic mass is 10.1. The highest BCUT2D eigenvalue weighted by Gasteiger charge is 2.21. The summed E-state index contributed by atoms with van der Waals surface area (Å²) in [6, 6.07) is 13.6. The predicted molar refractivity (Wildman–Crippen MR) is 128 cm³/mol. The van der Waals surface area contributed by atoms with Crippen molar-refractivity contribution in [1.29, 1.82) is 5.41 Å². The van der Waals surface area contributed by atoms with Crippen molar-refractivity contribution in [3.8, 4) is 0 Å². The van der Waals surface area contributed by atoms with Gasteiger partial charge in [0.25, 0.3) is 11.8 Å². The van der Waals surface area contributed by atoms with Crippen LogP contribution in [-0.2, 0) is 0 Å². The molecule has 0 aliphatic carbocycles. The Bertz CT molecular complexity index is 1260. The van der Waals surface area contributed by atoms with Gasteiger partial charge < -0.3 is 15.5 Å². The maximum absolute atomic E-state index is 14.8. The number of hydrogen-bond donors (Lipinski definition) is 3. The summed E-state index contributed by atoms with van der Waals surface area (Å²) < 4.78 is 28.6. The van der Waals surface area contributed by atoms with E-state index in [1.54, 1.807) is 24.3 Å². The van der Waals surface area contributed by atoms with Crippen LogP contribution in [0, 0.1) is 17.0 Å². The Balaban J connectivity index is 1.53. The Kier molecular flexibility index (Phi) is 6.88. The lowest BCUT2D eigenvalue weighted by Crippen LogP contribution is -2.28. The fourth-order valence-corrected chi connectivity index (χ4v) is 3.83. The molecular weight excluding hydrogens is 462 g/mol. The minimum atomic E-state index is -0.802. The molecule has 1 aliphatic rings. The minimum Gasteiger partial charge on any atom is -0.357 e. The van der Waals surface area contributed by atoms with Crippen LogP contribution in [-0.4, -0.2) is 35.6 Å². The van der Waals surface area contributed by atoms with Gasteiger partial charge in [-0.1, -0.05) is 17.7 Å². The molecule has 0 saturated carbocycles. The number of carbonyl (C=O) groups excluding carboxylic acids is 2. The highest BCUT2D eigenvalue weighted by atomic mass is 35.5. The molecule has 0 unspecified atom stereocenters. The lowest BCUT2D eigenvalue weighted by molar-refractivity contribution is 0.102. The second-order valence-corrected chi connectivity index (χ2v) is 8.28. The smallest absolute Gasteiger partial charge is 0.258 e. The van der Waals surface area contributed by atoms with E-state index < -0.39 is 23.4 Å². The van der Waals surface area contributed by atoms with Crippen molar-refractivity contribution in [1.82, 2.24) is 4.90 Å². The third kappa shape index (κ3) is 5.23. The second kappa shape index (κ2) is 10.0. The molecule has 0 radical (unpaired) electrons. The Morgan fingerprint density at radius 1 is 0.853 bits per heavy atom. The molecule has 1 fully saturated rings. The molecule has 3 aromatic rings. The number of rotatable bonds is 5. The van der Waals surface area contributed by atoms with E-state index in [-0.39, 0.29) is 22.6 Å². The number of nitrogens with one attached hydrogen (secondary N) is 3. The van der Waals surface area contributed by atoms with Crippen LogP contribution in [0.5, 0.6) is 0 Å². The van der Waals surface area contributed by atoms with Gasteiger partial charge in [-0.05, 0) is 67.4 Å². The van der Waals surface area contributed by atoms with Crippen LogP contribution in [0.1, 0.15) is 39.1 Å².